The Morgan fingerprint density at radius 1 is 1.06 bits per heavy atom. The van der Waals surface area contributed by atoms with Crippen molar-refractivity contribution in [2.75, 3.05) is 31.1 Å². The van der Waals surface area contributed by atoms with E-state index in [-0.39, 0.29) is 17.7 Å². The van der Waals surface area contributed by atoms with E-state index < -0.39 is 29.1 Å². The summed E-state index contributed by atoms with van der Waals surface area (Å²) in [6.07, 6.45) is -2.25. The van der Waals surface area contributed by atoms with Gasteiger partial charge in [0.05, 0.1) is 23.1 Å². The van der Waals surface area contributed by atoms with E-state index in [2.05, 4.69) is 0 Å². The number of benzene rings is 2. The van der Waals surface area contributed by atoms with Gasteiger partial charge in [-0.3, -0.25) is 9.59 Å². The molecule has 0 radical (unpaired) electrons. The van der Waals surface area contributed by atoms with E-state index in [1.807, 2.05) is 35.2 Å². The predicted molar refractivity (Wildman–Crippen MR) is 129 cm³/mol. The summed E-state index contributed by atoms with van der Waals surface area (Å²) >= 11 is 0. The molecule has 0 aromatic heterocycles. The number of rotatable bonds is 6. The van der Waals surface area contributed by atoms with Crippen LogP contribution in [-0.4, -0.2) is 42.9 Å². The smallest absolute Gasteiger partial charge is 0.372 e. The number of amides is 2. The zero-order chi connectivity index (χ0) is 25.9. The molecule has 0 unspecified atom stereocenters. The minimum atomic E-state index is -4.60. The molecule has 2 fully saturated rings. The van der Waals surface area contributed by atoms with Gasteiger partial charge in [0.25, 0.3) is 0 Å². The zero-order valence-electron chi connectivity index (χ0n) is 19.9. The molecule has 2 saturated heterocycles. The first-order chi connectivity index (χ1) is 17.2. The molecule has 2 heterocycles. The summed E-state index contributed by atoms with van der Waals surface area (Å²) in [7, 11) is 0. The molecule has 2 atom stereocenters. The third-order valence-electron chi connectivity index (χ3n) is 7.49. The number of alkyl halides is 3. The van der Waals surface area contributed by atoms with Crippen LogP contribution in [0.2, 0.25) is 0 Å². The molecule has 36 heavy (non-hydrogen) atoms. The van der Waals surface area contributed by atoms with Crippen molar-refractivity contribution in [2.45, 2.75) is 31.9 Å². The first-order valence-electron chi connectivity index (χ1n) is 12.1. The molecule has 2 aromatic carbocycles. The topological polar surface area (TPSA) is 90.4 Å². The number of carbonyl (C=O) groups excluding carboxylic acids is 2. The molecule has 190 valence electrons. The Kier molecular flexibility index (Phi) is 7.53. The number of carbonyl (C=O) groups is 2. The summed E-state index contributed by atoms with van der Waals surface area (Å²) in [5, 5.41) is 9.03. The average molecular weight is 499 g/mol. The van der Waals surface area contributed by atoms with Crippen molar-refractivity contribution < 1.29 is 22.8 Å². The van der Waals surface area contributed by atoms with Crippen LogP contribution in [0.15, 0.2) is 48.5 Å². The third-order valence-corrected chi connectivity index (χ3v) is 7.49. The highest BCUT2D eigenvalue weighted by atomic mass is 19.4. The fraction of sp³-hybridized carbons (Fsp3) is 0.444. The summed E-state index contributed by atoms with van der Waals surface area (Å²) in [5.74, 6) is -0.748. The lowest BCUT2D eigenvalue weighted by molar-refractivity contribution is -0.137. The maximum Gasteiger partial charge on any atom is 0.417 e. The number of nitrogens with two attached hydrogens (primary N) is 1. The predicted octanol–water partition coefficient (Wildman–Crippen LogP) is 3.99. The molecule has 0 bridgehead atoms. The molecule has 0 saturated carbocycles. The van der Waals surface area contributed by atoms with E-state index in [9.17, 15) is 22.8 Å². The van der Waals surface area contributed by atoms with Gasteiger partial charge in [-0.2, -0.15) is 18.4 Å². The number of nitriles is 1. The molecule has 2 N–H and O–H groups in total. The Bertz CT molecular complexity index is 1140. The fourth-order valence-corrected chi connectivity index (χ4v) is 5.51. The van der Waals surface area contributed by atoms with Crippen LogP contribution < -0.4 is 10.6 Å². The van der Waals surface area contributed by atoms with Crippen LogP contribution in [0.25, 0.3) is 0 Å². The van der Waals surface area contributed by atoms with Gasteiger partial charge in [-0.15, -0.1) is 0 Å². The van der Waals surface area contributed by atoms with Crippen LogP contribution in [0.5, 0.6) is 0 Å². The monoisotopic (exact) mass is 498 g/mol. The average Bonchev–Trinajstić information content (AvgIpc) is 3.33. The standard InChI is InChI=1S/C27H29F3N4O2/c28-27(29,30)24-14-21(8-7-20(24)15-31)33-12-10-19(11-13-33)22-16-34(17-23(22)26(32)36)25(35)9-6-18-4-2-1-3-5-18/h1-5,7-8,14,19,22-23H,6,9-13,16-17H2,(H2,32,36)/t22-,23+/m0/s1. The maximum atomic E-state index is 13.4. The first kappa shape index (κ1) is 25.5. The molecule has 2 aromatic rings. The van der Waals surface area contributed by atoms with Crippen molar-refractivity contribution in [2.24, 2.45) is 23.5 Å². The Hall–Kier alpha value is -3.54. The summed E-state index contributed by atoms with van der Waals surface area (Å²) in [5.41, 5.74) is 5.89. The lowest BCUT2D eigenvalue weighted by atomic mass is 9.78. The van der Waals surface area contributed by atoms with Crippen molar-refractivity contribution in [3.05, 3.63) is 65.2 Å². The van der Waals surface area contributed by atoms with Gasteiger partial charge in [0, 0.05) is 38.3 Å². The van der Waals surface area contributed by atoms with E-state index in [1.165, 1.54) is 6.07 Å². The highest BCUT2D eigenvalue weighted by Gasteiger charge is 2.43. The lowest BCUT2D eigenvalue weighted by Crippen LogP contribution is -2.40. The van der Waals surface area contributed by atoms with Gasteiger partial charge >= 0.3 is 6.18 Å². The van der Waals surface area contributed by atoms with Gasteiger partial charge in [0.1, 0.15) is 0 Å². The van der Waals surface area contributed by atoms with E-state index in [1.54, 1.807) is 17.0 Å². The van der Waals surface area contributed by atoms with Crippen LogP contribution in [0, 0.1) is 29.1 Å². The van der Waals surface area contributed by atoms with Crippen LogP contribution in [0.4, 0.5) is 18.9 Å². The number of hydrogen-bond donors (Lipinski definition) is 1. The Morgan fingerprint density at radius 3 is 2.36 bits per heavy atom. The molecular weight excluding hydrogens is 469 g/mol. The number of anilines is 1. The quantitative estimate of drug-likeness (QED) is 0.652. The summed E-state index contributed by atoms with van der Waals surface area (Å²) in [6, 6.07) is 15.1. The van der Waals surface area contributed by atoms with Gasteiger partial charge in [-0.25, -0.2) is 0 Å². The van der Waals surface area contributed by atoms with E-state index in [0.717, 1.165) is 11.6 Å². The SMILES string of the molecule is N#Cc1ccc(N2CCC([C@@H]3CN(C(=O)CCc4ccccc4)C[C@H]3C(N)=O)CC2)cc1C(F)(F)F. The summed E-state index contributed by atoms with van der Waals surface area (Å²) < 4.78 is 40.1. The number of nitrogens with zero attached hydrogens (tertiary/aromatic N) is 3. The molecule has 6 nitrogen and oxygen atoms in total. The van der Waals surface area contributed by atoms with Crippen molar-refractivity contribution in [1.82, 2.24) is 4.90 Å². The second kappa shape index (κ2) is 10.6. The van der Waals surface area contributed by atoms with Gasteiger partial charge in [0.15, 0.2) is 0 Å². The highest BCUT2D eigenvalue weighted by molar-refractivity contribution is 5.81. The number of aryl methyl sites for hydroxylation is 1. The van der Waals surface area contributed by atoms with E-state index >= 15 is 0 Å². The number of likely N-dealkylation sites (tertiary alicyclic amines) is 1. The molecule has 2 aliphatic heterocycles. The Labute approximate surface area is 208 Å². The van der Waals surface area contributed by atoms with Crippen LogP contribution in [0.1, 0.15) is 36.0 Å². The minimum absolute atomic E-state index is 0.00213. The molecule has 4 rings (SSSR count). The first-order valence-corrected chi connectivity index (χ1v) is 12.1. The van der Waals surface area contributed by atoms with Crippen molar-refractivity contribution in [3.63, 3.8) is 0 Å². The maximum absolute atomic E-state index is 13.4. The van der Waals surface area contributed by atoms with Gasteiger partial charge < -0.3 is 15.5 Å². The Balaban J connectivity index is 1.39. The zero-order valence-corrected chi connectivity index (χ0v) is 19.9. The van der Waals surface area contributed by atoms with Crippen molar-refractivity contribution in [1.29, 1.82) is 5.26 Å². The molecule has 0 aliphatic carbocycles. The van der Waals surface area contributed by atoms with Crippen LogP contribution >= 0.6 is 0 Å². The van der Waals surface area contributed by atoms with Crippen LogP contribution in [-0.2, 0) is 22.2 Å². The summed E-state index contributed by atoms with van der Waals surface area (Å²) in [4.78, 5) is 28.7. The second-order valence-corrected chi connectivity index (χ2v) is 9.62. The lowest BCUT2D eigenvalue weighted by Gasteiger charge is -2.37. The molecule has 0 spiro atoms. The van der Waals surface area contributed by atoms with Gasteiger partial charge in [0.2, 0.25) is 11.8 Å². The molecule has 9 heteroatoms. The number of hydrogen-bond acceptors (Lipinski definition) is 4. The minimum Gasteiger partial charge on any atom is -0.372 e. The van der Waals surface area contributed by atoms with E-state index in [4.69, 9.17) is 11.0 Å². The number of primary amides is 1. The number of piperidine rings is 1. The van der Waals surface area contributed by atoms with E-state index in [0.29, 0.717) is 57.5 Å². The fourth-order valence-electron chi connectivity index (χ4n) is 5.51. The highest BCUT2D eigenvalue weighted by Crippen LogP contribution is 2.39. The normalized spacial score (nSPS) is 20.8. The van der Waals surface area contributed by atoms with Crippen LogP contribution in [0.3, 0.4) is 0 Å². The second-order valence-electron chi connectivity index (χ2n) is 9.62. The van der Waals surface area contributed by atoms with Gasteiger partial charge in [-0.05, 0) is 54.9 Å². The summed E-state index contributed by atoms with van der Waals surface area (Å²) in [6.45, 7) is 1.84. The molecule has 2 amide bonds. The van der Waals surface area contributed by atoms with Crippen molar-refractivity contribution >= 4 is 17.5 Å². The third kappa shape index (κ3) is 5.64. The largest absolute Gasteiger partial charge is 0.417 e. The molecular formula is C27H29F3N4O2. The number of halogens is 3. The molecule has 2 aliphatic rings. The van der Waals surface area contributed by atoms with Crippen molar-refractivity contribution in [3.8, 4) is 6.07 Å². The van der Waals surface area contributed by atoms with Gasteiger partial charge in [-0.1, -0.05) is 30.3 Å². The Morgan fingerprint density at radius 2 is 1.75 bits per heavy atom.